The fourth-order valence-corrected chi connectivity index (χ4v) is 9.69. The van der Waals surface area contributed by atoms with Crippen molar-refractivity contribution in [1.29, 1.82) is 0 Å². The summed E-state index contributed by atoms with van der Waals surface area (Å²) >= 11 is 1.55. The van der Waals surface area contributed by atoms with Crippen LogP contribution in [-0.4, -0.2) is 4.40 Å². The summed E-state index contributed by atoms with van der Waals surface area (Å²) in [6.07, 6.45) is 30.4. The molecule has 0 heterocycles. The molecule has 0 nitrogen and oxygen atoms in total. The summed E-state index contributed by atoms with van der Waals surface area (Å²) in [5.74, 6) is 0. The Labute approximate surface area is 837 Å². The monoisotopic (exact) mass is 2660 g/mol. The van der Waals surface area contributed by atoms with Crippen molar-refractivity contribution in [2.24, 2.45) is 65.0 Å². The zero-order valence-corrected chi connectivity index (χ0v) is 106. The molecule has 0 atom stereocenters. The Hall–Kier alpha value is -1.20. The van der Waals surface area contributed by atoms with E-state index in [1.54, 1.807) is 25.4 Å². The summed E-state index contributed by atoms with van der Waals surface area (Å²) in [6.45, 7) is 147. The van der Waals surface area contributed by atoms with Gasteiger partial charge in [-0.15, -0.1) is 54.1 Å². The van der Waals surface area contributed by atoms with Crippen LogP contribution in [0.5, 0.6) is 0 Å². The summed E-state index contributed by atoms with van der Waals surface area (Å²) in [5, 5.41) is 0. The molecule has 0 saturated carbocycles. The molecular weight excluding hydrogens is 2470 g/mol. The van der Waals surface area contributed by atoms with E-state index in [0.717, 1.165) is 34.3 Å². The largest absolute Gasteiger partial charge is 2.00 e. The molecule has 0 saturated heterocycles. The molecule has 0 N–H and O–H groups in total. The van der Waals surface area contributed by atoms with E-state index in [1.165, 1.54) is 39.0 Å². The van der Waals surface area contributed by atoms with Gasteiger partial charge in [-0.1, -0.05) is 405 Å². The molecule has 0 radical (unpaired) electrons. The third-order valence-corrected chi connectivity index (χ3v) is 17.6. The van der Waals surface area contributed by atoms with E-state index >= 15 is 0 Å². The summed E-state index contributed by atoms with van der Waals surface area (Å²) in [7, 11) is 0. The second-order valence-electron chi connectivity index (χ2n) is 49.8. The van der Waals surface area contributed by atoms with Crippen molar-refractivity contribution in [3.05, 3.63) is 239 Å². The van der Waals surface area contributed by atoms with E-state index in [2.05, 4.69) is 488 Å². The Bertz CT molecular complexity index is 3360. The smallest absolute Gasteiger partial charge is 0.394 e. The SMILES string of the molecule is CC(C)(C)[C-]=C(C[CH]=[W])C(C)(C)C.CC(C)(C)[C-]=CC=[C-]C(C)(C)C.CC(C)(C)c1ccc(C(C)(C)C)cc1.CC(C)(C)c1cccc(C(C)(C)C)c1.CC(C)(C)c1ccccc1C(C)(C)C.[CH-]=C(C(=[CH-])C(C)(C)C)C(C)(C)C.[CH-]=C(C=[C-]C(C)(C)C)C(C)(C)C.[CH-]=C(C=[C-]C(C)(C)C)C(C)(C)C.[CH-]=CC(=[C-]C(C)(C)C)C(C)(C)C.[W+2].[W+2].[W+2].[W+2].[W+2]. The maximum Gasteiger partial charge on any atom is 2.00 e. The van der Waals surface area contributed by atoms with Gasteiger partial charge in [-0.2, -0.15) is 0 Å². The first-order valence-electron chi connectivity index (χ1n) is 42.6. The van der Waals surface area contributed by atoms with Crippen LogP contribution in [0.3, 0.4) is 0 Å². The van der Waals surface area contributed by atoms with Gasteiger partial charge in [0.25, 0.3) is 0 Å². The number of benzene rings is 3. The van der Waals surface area contributed by atoms with E-state index in [4.69, 9.17) is 32.9 Å². The third-order valence-electron chi connectivity index (χ3n) is 17.0. The van der Waals surface area contributed by atoms with Gasteiger partial charge in [0, 0.05) is 0 Å². The van der Waals surface area contributed by atoms with Crippen molar-refractivity contribution < 1.29 is 125 Å². The quantitative estimate of drug-likeness (QED) is 0.163. The van der Waals surface area contributed by atoms with Crippen LogP contribution in [0.15, 0.2) is 137 Å². The standard InChI is InChI=1S/3C14H22.4C12H20.C12H21.C12H20.6W/c1-13(2,3)11-7-9-12(10-8-11)14(4,5)6;1-13(2,3)11-8-7-9-12(10-11)14(4,5)6;1-13(2,3)11-9-7-8-10-12(11)14(4,5)6;2*1-10(12(5,6)7)8-9-11(2,3)4;1-9(11(3,4)5)10(2)12(6,7)8;1-11(2,3)9-7-8-10-12(4,5)6;2*1-8-10(12(5,6)7)9-11(2,3)4;;;;;;/h3*7-10H,1-6H3;2*1,8H,2-7H3;1-2H,3-8H3;7-8H,1-6H3;1H,8H2,2-7H3;1,8H,2-7H3;;;;;;/q;;;4*-2;-1;-2;;5*+2. The minimum absolute atomic E-state index is 0. The Morgan fingerprint density at radius 1 is 0.283 bits per heavy atom. The van der Waals surface area contributed by atoms with Crippen LogP contribution >= 0.6 is 0 Å². The molecule has 6 heteroatoms. The molecule has 0 aliphatic rings. The normalized spacial score (nSPS) is 13.1. The summed E-state index contributed by atoms with van der Waals surface area (Å²) in [4.78, 5) is 0. The second-order valence-corrected chi connectivity index (χ2v) is 51.0. The average molecular weight is 2660 g/mol. The van der Waals surface area contributed by atoms with Crippen LogP contribution in [0.25, 0.3) is 0 Å². The molecule has 0 aliphatic heterocycles. The van der Waals surface area contributed by atoms with Crippen LogP contribution in [-0.2, 0) is 157 Å². The number of allylic oxidation sites excluding steroid dienone is 17. The van der Waals surface area contributed by atoms with Gasteiger partial charge < -0.3 is 122 Å². The molecule has 3 aromatic carbocycles. The van der Waals surface area contributed by atoms with Crippen molar-refractivity contribution >= 4 is 4.40 Å². The van der Waals surface area contributed by atoms with Gasteiger partial charge in [0.2, 0.25) is 0 Å². The second kappa shape index (κ2) is 57.1. The molecule has 3 rings (SSSR count). The number of rotatable bonds is 7. The van der Waals surface area contributed by atoms with E-state index in [1.807, 2.05) is 24.3 Å². The predicted molar refractivity (Wildman–Crippen MR) is 521 cm³/mol. The minimum Gasteiger partial charge on any atom is -0.394 e. The zero-order chi connectivity index (χ0) is 93.6. The van der Waals surface area contributed by atoms with E-state index in [-0.39, 0.29) is 203 Å². The van der Waals surface area contributed by atoms with Crippen molar-refractivity contribution in [2.45, 2.75) is 413 Å². The first kappa shape index (κ1) is 142. The van der Waals surface area contributed by atoms with E-state index < -0.39 is 0 Å². The summed E-state index contributed by atoms with van der Waals surface area (Å²) in [5.41, 5.74) is 17.2. The van der Waals surface area contributed by atoms with Crippen LogP contribution in [0.2, 0.25) is 0 Å². The maximum absolute atomic E-state index is 5.94. The van der Waals surface area contributed by atoms with Gasteiger partial charge in [-0.05, 0) is 65.9 Å². The third kappa shape index (κ3) is 77.9. The Morgan fingerprint density at radius 2 is 0.533 bits per heavy atom. The van der Waals surface area contributed by atoms with E-state index in [0.29, 0.717) is 0 Å². The summed E-state index contributed by atoms with van der Waals surface area (Å²) < 4.78 is 2.29. The van der Waals surface area contributed by atoms with Crippen molar-refractivity contribution in [1.82, 2.24) is 0 Å². The Kier molecular flexibility index (Phi) is 67.5. The Balaban J connectivity index is -0.000000123. The molecule has 0 amide bonds. The first-order chi connectivity index (χ1) is 50.0. The molecule has 0 spiro atoms. The van der Waals surface area contributed by atoms with E-state index in [9.17, 15) is 0 Å². The molecule has 0 aliphatic carbocycles. The van der Waals surface area contributed by atoms with Crippen molar-refractivity contribution in [3.63, 3.8) is 0 Å². The Morgan fingerprint density at radius 3 is 0.692 bits per heavy atom. The molecule has 0 fully saturated rings. The van der Waals surface area contributed by atoms with Crippen molar-refractivity contribution in [2.75, 3.05) is 0 Å². The van der Waals surface area contributed by atoms with Crippen LogP contribution in [0, 0.1) is 134 Å². The summed E-state index contributed by atoms with van der Waals surface area (Å²) in [6, 6.07) is 26.7. The predicted octanol–water partition coefficient (Wildman–Crippen LogP) is 35.4. The molecule has 0 bridgehead atoms. The van der Waals surface area contributed by atoms with Gasteiger partial charge >= 0.3 is 200 Å². The molecule has 120 heavy (non-hydrogen) atoms. The average Bonchev–Trinajstić information content (AvgIpc) is 0.801. The number of hydrogen-bond acceptors (Lipinski definition) is 0. The van der Waals surface area contributed by atoms with Gasteiger partial charge in [0.1, 0.15) is 0 Å². The van der Waals surface area contributed by atoms with Crippen LogP contribution < -0.4 is 0 Å². The van der Waals surface area contributed by atoms with Crippen LogP contribution in [0.1, 0.15) is 414 Å². The molecular formula is C114H187W6-. The zero-order valence-electron chi connectivity index (χ0n) is 88.4. The van der Waals surface area contributed by atoms with Gasteiger partial charge in [-0.25, -0.2) is 0 Å². The minimum atomic E-state index is -0.0304. The fourth-order valence-electron chi connectivity index (χ4n) is 9.09. The first-order valence-corrected chi connectivity index (χ1v) is 44.3. The van der Waals surface area contributed by atoms with Gasteiger partial charge in [0.05, 0.1) is 0 Å². The van der Waals surface area contributed by atoms with Gasteiger partial charge in [0.15, 0.2) is 0 Å². The maximum atomic E-state index is 5.94. The molecule has 3 aromatic rings. The molecule has 680 valence electrons. The molecule has 0 unspecified atom stereocenters. The van der Waals surface area contributed by atoms with Gasteiger partial charge in [-0.3, -0.25) is 0 Å². The number of hydrogen-bond donors (Lipinski definition) is 0. The fraction of sp³-hybridized carbons (Fsp3) is 0.640. The topological polar surface area (TPSA) is 0 Å². The van der Waals surface area contributed by atoms with Crippen molar-refractivity contribution in [3.8, 4) is 0 Å². The molecule has 0 aromatic heterocycles. The van der Waals surface area contributed by atoms with Crippen LogP contribution in [0.4, 0.5) is 0 Å².